The van der Waals surface area contributed by atoms with E-state index in [1.165, 1.54) is 6.08 Å². The SMILES string of the molecule is NC(=O)COc1ccc(/C=C2\C(=O)NC(=O)N(c3ccc(OCc4ccccc4)cc3)C2=O)cc1Br. The van der Waals surface area contributed by atoms with Crippen molar-refractivity contribution in [1.82, 2.24) is 5.32 Å². The summed E-state index contributed by atoms with van der Waals surface area (Å²) in [6, 6.07) is 19.9. The van der Waals surface area contributed by atoms with Crippen LogP contribution in [0.2, 0.25) is 0 Å². The summed E-state index contributed by atoms with van der Waals surface area (Å²) in [7, 11) is 0. The maximum atomic E-state index is 13.1. The van der Waals surface area contributed by atoms with Gasteiger partial charge in [0.2, 0.25) is 0 Å². The van der Waals surface area contributed by atoms with Crippen LogP contribution < -0.4 is 25.4 Å². The normalized spacial score (nSPS) is 14.5. The van der Waals surface area contributed by atoms with Gasteiger partial charge in [0.05, 0.1) is 10.2 Å². The molecule has 1 aliphatic heterocycles. The second-order valence-corrected chi connectivity index (χ2v) is 8.53. The minimum atomic E-state index is -0.850. The van der Waals surface area contributed by atoms with Gasteiger partial charge < -0.3 is 15.2 Å². The molecule has 0 bridgehead atoms. The zero-order valence-electron chi connectivity index (χ0n) is 18.8. The van der Waals surface area contributed by atoms with Gasteiger partial charge in [-0.25, -0.2) is 9.69 Å². The molecule has 0 atom stereocenters. The van der Waals surface area contributed by atoms with Crippen LogP contribution >= 0.6 is 15.9 Å². The molecule has 0 spiro atoms. The van der Waals surface area contributed by atoms with E-state index in [0.29, 0.717) is 28.1 Å². The fourth-order valence-electron chi connectivity index (χ4n) is 3.36. The number of imide groups is 2. The molecule has 36 heavy (non-hydrogen) atoms. The van der Waals surface area contributed by atoms with Crippen LogP contribution in [0.15, 0.2) is 82.8 Å². The van der Waals surface area contributed by atoms with Crippen LogP contribution in [-0.4, -0.2) is 30.4 Å². The van der Waals surface area contributed by atoms with Gasteiger partial charge in [-0.2, -0.15) is 0 Å². The highest BCUT2D eigenvalue weighted by Gasteiger charge is 2.36. The second kappa shape index (κ2) is 10.9. The smallest absolute Gasteiger partial charge is 0.335 e. The third kappa shape index (κ3) is 5.78. The minimum Gasteiger partial charge on any atom is -0.489 e. The maximum Gasteiger partial charge on any atom is 0.335 e. The Morgan fingerprint density at radius 1 is 0.972 bits per heavy atom. The number of amides is 5. The van der Waals surface area contributed by atoms with Crippen LogP contribution in [0, 0.1) is 0 Å². The van der Waals surface area contributed by atoms with Crippen molar-refractivity contribution in [2.75, 3.05) is 11.5 Å². The number of benzene rings is 3. The van der Waals surface area contributed by atoms with Crippen molar-refractivity contribution in [2.45, 2.75) is 6.61 Å². The summed E-state index contributed by atoms with van der Waals surface area (Å²) < 4.78 is 11.5. The number of hydrogen-bond donors (Lipinski definition) is 2. The second-order valence-electron chi connectivity index (χ2n) is 7.67. The van der Waals surface area contributed by atoms with Gasteiger partial charge in [0, 0.05) is 0 Å². The van der Waals surface area contributed by atoms with Crippen LogP contribution in [0.3, 0.4) is 0 Å². The molecule has 1 saturated heterocycles. The molecule has 0 saturated carbocycles. The van der Waals surface area contributed by atoms with Crippen molar-refractivity contribution in [3.05, 3.63) is 94.0 Å². The minimum absolute atomic E-state index is 0.225. The van der Waals surface area contributed by atoms with Crippen molar-refractivity contribution in [2.24, 2.45) is 5.73 Å². The highest BCUT2D eigenvalue weighted by molar-refractivity contribution is 9.10. The van der Waals surface area contributed by atoms with Gasteiger partial charge in [0.1, 0.15) is 23.7 Å². The van der Waals surface area contributed by atoms with Gasteiger partial charge in [-0.15, -0.1) is 0 Å². The molecule has 0 radical (unpaired) electrons. The molecule has 3 N–H and O–H groups in total. The topological polar surface area (TPSA) is 128 Å². The number of barbiturate groups is 1. The van der Waals surface area contributed by atoms with Crippen LogP contribution in [-0.2, 0) is 21.0 Å². The summed E-state index contributed by atoms with van der Waals surface area (Å²) >= 11 is 3.32. The Morgan fingerprint density at radius 3 is 2.36 bits per heavy atom. The number of rotatable bonds is 8. The monoisotopic (exact) mass is 549 g/mol. The summed E-state index contributed by atoms with van der Waals surface area (Å²) in [4.78, 5) is 49.9. The number of primary amides is 1. The maximum absolute atomic E-state index is 13.1. The van der Waals surface area contributed by atoms with Crippen molar-refractivity contribution in [3.63, 3.8) is 0 Å². The van der Waals surface area contributed by atoms with Crippen molar-refractivity contribution >= 4 is 51.4 Å². The van der Waals surface area contributed by atoms with E-state index in [4.69, 9.17) is 15.2 Å². The first-order chi connectivity index (χ1) is 17.3. The number of ether oxygens (including phenoxy) is 2. The Hall–Kier alpha value is -4.44. The molecule has 1 heterocycles. The number of carbonyl (C=O) groups excluding carboxylic acids is 4. The molecular formula is C26H20BrN3O6. The Bertz CT molecular complexity index is 1360. The van der Waals surface area contributed by atoms with Gasteiger partial charge in [-0.3, -0.25) is 19.7 Å². The van der Waals surface area contributed by atoms with E-state index in [-0.39, 0.29) is 17.9 Å². The number of nitrogens with one attached hydrogen (secondary N) is 1. The van der Waals surface area contributed by atoms with Gasteiger partial charge in [-0.1, -0.05) is 36.4 Å². The van der Waals surface area contributed by atoms with Crippen molar-refractivity contribution in [3.8, 4) is 11.5 Å². The van der Waals surface area contributed by atoms with E-state index >= 15 is 0 Å². The van der Waals surface area contributed by atoms with E-state index in [2.05, 4.69) is 21.2 Å². The molecule has 0 aromatic heterocycles. The molecular weight excluding hydrogens is 530 g/mol. The van der Waals surface area contributed by atoms with Gasteiger partial charge in [0.25, 0.3) is 17.7 Å². The molecule has 1 fully saturated rings. The summed E-state index contributed by atoms with van der Waals surface area (Å²) in [5.74, 6) is -1.29. The zero-order chi connectivity index (χ0) is 25.7. The number of nitrogens with two attached hydrogens (primary N) is 1. The van der Waals surface area contributed by atoms with Crippen LogP contribution in [0.1, 0.15) is 11.1 Å². The lowest BCUT2D eigenvalue weighted by molar-refractivity contribution is -0.123. The number of halogens is 1. The first-order valence-corrected chi connectivity index (χ1v) is 11.5. The molecule has 3 aromatic rings. The van der Waals surface area contributed by atoms with E-state index in [9.17, 15) is 19.2 Å². The molecule has 10 heteroatoms. The standard InChI is InChI=1S/C26H20BrN3O6/c27-21-13-17(6-11-22(21)36-15-23(28)31)12-20-24(32)29-26(34)30(25(20)33)18-7-9-19(10-8-18)35-14-16-4-2-1-3-5-16/h1-13H,14-15H2,(H2,28,31)(H,29,32,34)/b20-12+. The van der Waals surface area contributed by atoms with Crippen LogP contribution in [0.25, 0.3) is 6.08 Å². The molecule has 9 nitrogen and oxygen atoms in total. The van der Waals surface area contributed by atoms with Crippen molar-refractivity contribution < 1.29 is 28.7 Å². The first-order valence-electron chi connectivity index (χ1n) is 10.7. The number of hydrogen-bond acceptors (Lipinski definition) is 6. The fraction of sp³-hybridized carbons (Fsp3) is 0.0769. The zero-order valence-corrected chi connectivity index (χ0v) is 20.4. The van der Waals surface area contributed by atoms with Crippen LogP contribution in [0.4, 0.5) is 10.5 Å². The average Bonchev–Trinajstić information content (AvgIpc) is 2.86. The lowest BCUT2D eigenvalue weighted by atomic mass is 10.1. The number of anilines is 1. The summed E-state index contributed by atoms with van der Waals surface area (Å²) in [6.45, 7) is 0.0692. The Morgan fingerprint density at radius 2 is 1.69 bits per heavy atom. The summed E-state index contributed by atoms with van der Waals surface area (Å²) in [5.41, 5.74) is 6.63. The molecule has 3 aromatic carbocycles. The number of urea groups is 1. The first kappa shape index (κ1) is 24.7. The highest BCUT2D eigenvalue weighted by atomic mass is 79.9. The van der Waals surface area contributed by atoms with Crippen LogP contribution in [0.5, 0.6) is 11.5 Å². The lowest BCUT2D eigenvalue weighted by Gasteiger charge is -2.26. The Kier molecular flexibility index (Phi) is 7.45. The molecule has 5 amide bonds. The van der Waals surface area contributed by atoms with Gasteiger partial charge in [-0.05, 0) is 69.5 Å². The molecule has 0 unspecified atom stereocenters. The number of nitrogens with zero attached hydrogens (tertiary/aromatic N) is 1. The van der Waals surface area contributed by atoms with Gasteiger partial charge >= 0.3 is 6.03 Å². The quantitative estimate of drug-likeness (QED) is 0.326. The third-order valence-electron chi connectivity index (χ3n) is 5.08. The average molecular weight is 550 g/mol. The largest absolute Gasteiger partial charge is 0.489 e. The molecule has 1 aliphatic rings. The summed E-state index contributed by atoms with van der Waals surface area (Å²) in [6.07, 6.45) is 1.36. The highest BCUT2D eigenvalue weighted by Crippen LogP contribution is 2.28. The van der Waals surface area contributed by atoms with E-state index in [1.807, 2.05) is 30.3 Å². The predicted molar refractivity (Wildman–Crippen MR) is 135 cm³/mol. The Balaban J connectivity index is 1.51. The number of carbonyl (C=O) groups is 4. The van der Waals surface area contributed by atoms with Crippen molar-refractivity contribution in [1.29, 1.82) is 0 Å². The van der Waals surface area contributed by atoms with E-state index in [1.54, 1.807) is 42.5 Å². The Labute approximate surface area is 214 Å². The molecule has 4 rings (SSSR count). The predicted octanol–water partition coefficient (Wildman–Crippen LogP) is 3.56. The third-order valence-corrected chi connectivity index (χ3v) is 5.70. The molecule has 0 aliphatic carbocycles. The van der Waals surface area contributed by atoms with E-state index < -0.39 is 23.8 Å². The lowest BCUT2D eigenvalue weighted by Crippen LogP contribution is -2.54. The van der Waals surface area contributed by atoms with Gasteiger partial charge in [0.15, 0.2) is 6.61 Å². The van der Waals surface area contributed by atoms with E-state index in [0.717, 1.165) is 10.5 Å². The molecule has 182 valence electrons. The summed E-state index contributed by atoms with van der Waals surface area (Å²) in [5, 5.41) is 2.19. The fourth-order valence-corrected chi connectivity index (χ4v) is 3.87.